The van der Waals surface area contributed by atoms with Crippen LogP contribution in [0.1, 0.15) is 60.5 Å². The molecule has 1 aliphatic heterocycles. The van der Waals surface area contributed by atoms with Crippen LogP contribution in [0.25, 0.3) is 0 Å². The molecule has 6 heteroatoms. The molecule has 3 rings (SSSR count). The van der Waals surface area contributed by atoms with Gasteiger partial charge in [0.1, 0.15) is 5.76 Å². The van der Waals surface area contributed by atoms with E-state index >= 15 is 0 Å². The number of aromatic nitrogens is 3. The van der Waals surface area contributed by atoms with Gasteiger partial charge in [-0.2, -0.15) is 5.10 Å². The summed E-state index contributed by atoms with van der Waals surface area (Å²) < 4.78 is 7.29. The average molecular weight is 344 g/mol. The van der Waals surface area contributed by atoms with Gasteiger partial charge in [0.05, 0.1) is 29.9 Å². The van der Waals surface area contributed by atoms with E-state index in [9.17, 15) is 4.79 Å². The van der Waals surface area contributed by atoms with E-state index in [0.29, 0.717) is 0 Å². The van der Waals surface area contributed by atoms with E-state index in [0.717, 1.165) is 60.8 Å². The first-order valence-corrected chi connectivity index (χ1v) is 9.12. The number of hydrogen-bond acceptors (Lipinski definition) is 4. The molecular weight excluding hydrogens is 316 g/mol. The zero-order valence-corrected chi connectivity index (χ0v) is 15.9. The Morgan fingerprint density at radius 1 is 1.32 bits per heavy atom. The molecule has 136 valence electrons. The Morgan fingerprint density at radius 3 is 2.68 bits per heavy atom. The lowest BCUT2D eigenvalue weighted by Crippen LogP contribution is -2.47. The molecule has 25 heavy (non-hydrogen) atoms. The summed E-state index contributed by atoms with van der Waals surface area (Å²) in [7, 11) is 0. The molecule has 2 aromatic rings. The monoisotopic (exact) mass is 344 g/mol. The van der Waals surface area contributed by atoms with Gasteiger partial charge in [0.25, 0.3) is 0 Å². The van der Waals surface area contributed by atoms with Gasteiger partial charge in [0, 0.05) is 17.8 Å². The van der Waals surface area contributed by atoms with Gasteiger partial charge < -0.3 is 9.42 Å². The molecule has 1 saturated heterocycles. The normalized spacial score (nSPS) is 19.2. The second-order valence-corrected chi connectivity index (χ2v) is 7.25. The largest absolute Gasteiger partial charge is 0.361 e. The summed E-state index contributed by atoms with van der Waals surface area (Å²) in [5.74, 6) is 0.679. The van der Waals surface area contributed by atoms with Crippen LogP contribution in [0, 0.1) is 27.7 Å². The Hall–Kier alpha value is -2.11. The van der Waals surface area contributed by atoms with E-state index < -0.39 is 0 Å². The number of nitrogens with zero attached hydrogens (tertiary/aromatic N) is 4. The van der Waals surface area contributed by atoms with Crippen molar-refractivity contribution in [2.24, 2.45) is 0 Å². The van der Waals surface area contributed by atoms with E-state index in [4.69, 9.17) is 4.52 Å². The summed E-state index contributed by atoms with van der Waals surface area (Å²) in [4.78, 5) is 15.3. The predicted octanol–water partition coefficient (Wildman–Crippen LogP) is 3.29. The van der Waals surface area contributed by atoms with Crippen molar-refractivity contribution in [1.29, 1.82) is 0 Å². The van der Waals surface area contributed by atoms with Crippen LogP contribution >= 0.6 is 0 Å². The first-order chi connectivity index (χ1) is 11.9. The van der Waals surface area contributed by atoms with Crippen molar-refractivity contribution >= 4 is 5.91 Å². The number of rotatable bonds is 4. The van der Waals surface area contributed by atoms with Gasteiger partial charge in [-0.15, -0.1) is 0 Å². The van der Waals surface area contributed by atoms with Gasteiger partial charge in [-0.25, -0.2) is 0 Å². The highest BCUT2D eigenvalue weighted by atomic mass is 16.5. The molecule has 2 aromatic heterocycles. The fourth-order valence-corrected chi connectivity index (χ4v) is 4.02. The average Bonchev–Trinajstić information content (AvgIpc) is 3.08. The maximum absolute atomic E-state index is 13.2. The summed E-state index contributed by atoms with van der Waals surface area (Å²) in [5.41, 5.74) is 3.91. The number of carbonyl (C=O) groups is 1. The van der Waals surface area contributed by atoms with E-state index in [2.05, 4.69) is 28.1 Å². The molecule has 1 aliphatic rings. The molecule has 0 spiro atoms. The molecule has 0 radical (unpaired) electrons. The molecular formula is C19H28N4O2. The topological polar surface area (TPSA) is 64.2 Å². The lowest BCUT2D eigenvalue weighted by molar-refractivity contribution is -0.136. The lowest BCUT2D eigenvalue weighted by atomic mass is 9.94. The Morgan fingerprint density at radius 2 is 2.08 bits per heavy atom. The Labute approximate surface area is 149 Å². The first kappa shape index (κ1) is 17.7. The molecule has 0 aromatic carbocycles. The summed E-state index contributed by atoms with van der Waals surface area (Å²) in [6.07, 6.45) is 3.25. The standard InChI is InChI=1S/C19H28N4O2/c1-12-10-13(2)23(20-12)11-17-8-6-7-9-22(17)19(24)14(3)18-15(4)21-25-16(18)5/h10,14,17H,6-9,11H2,1-5H3/t14-,17-/m0/s1. The van der Waals surface area contributed by atoms with Crippen LogP contribution in [0.3, 0.4) is 0 Å². The minimum atomic E-state index is -0.229. The number of likely N-dealkylation sites (tertiary alicyclic amines) is 1. The third-order valence-corrected chi connectivity index (χ3v) is 5.29. The Bertz CT molecular complexity index is 742. The Balaban J connectivity index is 1.80. The van der Waals surface area contributed by atoms with Crippen LogP contribution in [0.2, 0.25) is 0 Å². The zero-order valence-electron chi connectivity index (χ0n) is 15.9. The minimum Gasteiger partial charge on any atom is -0.361 e. The van der Waals surface area contributed by atoms with Crippen molar-refractivity contribution in [3.63, 3.8) is 0 Å². The second-order valence-electron chi connectivity index (χ2n) is 7.25. The van der Waals surface area contributed by atoms with Crippen LogP contribution in [-0.4, -0.2) is 38.3 Å². The Kier molecular flexibility index (Phi) is 4.97. The highest BCUT2D eigenvalue weighted by Gasteiger charge is 2.33. The van der Waals surface area contributed by atoms with E-state index in [-0.39, 0.29) is 17.9 Å². The van der Waals surface area contributed by atoms with Crippen molar-refractivity contribution in [2.45, 2.75) is 72.4 Å². The highest BCUT2D eigenvalue weighted by Crippen LogP contribution is 2.28. The second kappa shape index (κ2) is 7.02. The minimum absolute atomic E-state index is 0.167. The highest BCUT2D eigenvalue weighted by molar-refractivity contribution is 5.84. The van der Waals surface area contributed by atoms with Gasteiger partial charge >= 0.3 is 0 Å². The number of aryl methyl sites for hydroxylation is 4. The van der Waals surface area contributed by atoms with Crippen molar-refractivity contribution in [2.75, 3.05) is 6.54 Å². The van der Waals surface area contributed by atoms with Crippen molar-refractivity contribution in [3.8, 4) is 0 Å². The lowest BCUT2D eigenvalue weighted by Gasteiger charge is -2.37. The van der Waals surface area contributed by atoms with Crippen molar-refractivity contribution in [3.05, 3.63) is 34.5 Å². The summed E-state index contributed by atoms with van der Waals surface area (Å²) in [6, 6.07) is 2.28. The third-order valence-electron chi connectivity index (χ3n) is 5.29. The van der Waals surface area contributed by atoms with Gasteiger partial charge in [0.15, 0.2) is 0 Å². The van der Waals surface area contributed by atoms with Crippen LogP contribution in [0.4, 0.5) is 0 Å². The fraction of sp³-hybridized carbons (Fsp3) is 0.632. The molecule has 0 N–H and O–H groups in total. The summed E-state index contributed by atoms with van der Waals surface area (Å²) in [6.45, 7) is 11.4. The summed E-state index contributed by atoms with van der Waals surface area (Å²) in [5, 5.41) is 8.58. The maximum atomic E-state index is 13.2. The first-order valence-electron chi connectivity index (χ1n) is 9.12. The smallest absolute Gasteiger partial charge is 0.230 e. The molecule has 0 aliphatic carbocycles. The number of amides is 1. The zero-order chi connectivity index (χ0) is 18.1. The molecule has 2 atom stereocenters. The number of piperidine rings is 1. The SMILES string of the molecule is Cc1cc(C)n(C[C@@H]2CCCCN2C(=O)[C@@H](C)c2c(C)noc2C)n1. The quantitative estimate of drug-likeness (QED) is 0.854. The van der Waals surface area contributed by atoms with E-state index in [1.54, 1.807) is 0 Å². The van der Waals surface area contributed by atoms with Crippen molar-refractivity contribution < 1.29 is 9.32 Å². The number of carbonyl (C=O) groups excluding carboxylic acids is 1. The van der Waals surface area contributed by atoms with Crippen molar-refractivity contribution in [1.82, 2.24) is 19.8 Å². The van der Waals surface area contributed by atoms with Crippen LogP contribution in [0.5, 0.6) is 0 Å². The maximum Gasteiger partial charge on any atom is 0.230 e. The molecule has 3 heterocycles. The molecule has 0 bridgehead atoms. The van der Waals surface area contributed by atoms with Gasteiger partial charge in [-0.1, -0.05) is 5.16 Å². The van der Waals surface area contributed by atoms with Crippen LogP contribution < -0.4 is 0 Å². The predicted molar refractivity (Wildman–Crippen MR) is 95.4 cm³/mol. The van der Waals surface area contributed by atoms with E-state index in [1.807, 2.05) is 32.4 Å². The third kappa shape index (κ3) is 3.48. The molecule has 6 nitrogen and oxygen atoms in total. The van der Waals surface area contributed by atoms with Gasteiger partial charge in [-0.05, 0) is 59.9 Å². The van der Waals surface area contributed by atoms with E-state index in [1.165, 1.54) is 0 Å². The van der Waals surface area contributed by atoms with Crippen LogP contribution in [0.15, 0.2) is 10.6 Å². The van der Waals surface area contributed by atoms with Gasteiger partial charge in [-0.3, -0.25) is 9.48 Å². The molecule has 0 saturated carbocycles. The fourth-order valence-electron chi connectivity index (χ4n) is 4.02. The van der Waals surface area contributed by atoms with Gasteiger partial charge in [0.2, 0.25) is 5.91 Å². The summed E-state index contributed by atoms with van der Waals surface area (Å²) >= 11 is 0. The molecule has 0 unspecified atom stereocenters. The van der Waals surface area contributed by atoms with Crippen LogP contribution in [-0.2, 0) is 11.3 Å². The molecule has 1 amide bonds. The number of hydrogen-bond donors (Lipinski definition) is 0. The molecule has 1 fully saturated rings.